The van der Waals surface area contributed by atoms with Crippen LogP contribution < -0.4 is 4.90 Å². The fourth-order valence-corrected chi connectivity index (χ4v) is 2.81. The molecule has 2 heterocycles. The second kappa shape index (κ2) is 3.87. The largest absolute Gasteiger partial charge is 0.341 e. The lowest BCUT2D eigenvalue weighted by atomic mass is 10.1. The van der Waals surface area contributed by atoms with Gasteiger partial charge in [-0.2, -0.15) is 0 Å². The predicted octanol–water partition coefficient (Wildman–Crippen LogP) is 2.51. The van der Waals surface area contributed by atoms with Gasteiger partial charge in [0.15, 0.2) is 4.77 Å². The van der Waals surface area contributed by atoms with Gasteiger partial charge in [0.1, 0.15) is 0 Å². The maximum atomic E-state index is 5.30. The molecule has 88 valence electrons. The molecule has 0 spiro atoms. The van der Waals surface area contributed by atoms with Crippen molar-refractivity contribution in [2.24, 2.45) is 5.92 Å². The summed E-state index contributed by atoms with van der Waals surface area (Å²) in [4.78, 5) is 2.39. The van der Waals surface area contributed by atoms with Crippen LogP contribution in [0.2, 0.25) is 0 Å². The van der Waals surface area contributed by atoms with E-state index in [1.165, 1.54) is 25.7 Å². The van der Waals surface area contributed by atoms with Crippen molar-refractivity contribution in [2.75, 3.05) is 18.0 Å². The molecular formula is C11H18N4S. The normalized spacial score (nSPS) is 25.3. The average molecular weight is 238 g/mol. The van der Waals surface area contributed by atoms with E-state index in [2.05, 4.69) is 26.6 Å². The molecule has 1 saturated carbocycles. The third-order valence-electron chi connectivity index (χ3n) is 3.74. The second-order valence-electron chi connectivity index (χ2n) is 4.94. The summed E-state index contributed by atoms with van der Waals surface area (Å²) in [6.07, 6.45) is 5.07. The highest BCUT2D eigenvalue weighted by Crippen LogP contribution is 2.38. The molecule has 0 radical (unpaired) electrons. The summed E-state index contributed by atoms with van der Waals surface area (Å²) in [7, 11) is 0. The van der Waals surface area contributed by atoms with Gasteiger partial charge in [0.05, 0.1) is 0 Å². The average Bonchev–Trinajstić information content (AvgIpc) is 2.88. The van der Waals surface area contributed by atoms with Crippen LogP contribution in [0.4, 0.5) is 5.95 Å². The number of H-pyrrole nitrogens is 1. The van der Waals surface area contributed by atoms with E-state index in [0.717, 1.165) is 29.7 Å². The molecule has 1 saturated heterocycles. The Morgan fingerprint density at radius 2 is 2.25 bits per heavy atom. The number of nitrogens with one attached hydrogen (secondary N) is 1. The molecule has 2 aliphatic rings. The lowest BCUT2D eigenvalue weighted by Gasteiger charge is -2.17. The molecule has 1 N–H and O–H groups in total. The van der Waals surface area contributed by atoms with Crippen LogP contribution in [-0.2, 0) is 0 Å². The highest BCUT2D eigenvalue weighted by molar-refractivity contribution is 7.71. The molecule has 5 heteroatoms. The van der Waals surface area contributed by atoms with E-state index in [-0.39, 0.29) is 0 Å². The maximum Gasteiger partial charge on any atom is 0.225 e. The molecule has 1 aromatic heterocycles. The van der Waals surface area contributed by atoms with Crippen molar-refractivity contribution in [3.8, 4) is 0 Å². The molecule has 16 heavy (non-hydrogen) atoms. The lowest BCUT2D eigenvalue weighted by Crippen LogP contribution is -2.23. The molecular weight excluding hydrogens is 220 g/mol. The first-order valence-electron chi connectivity index (χ1n) is 6.21. The lowest BCUT2D eigenvalue weighted by molar-refractivity contribution is 0.567. The minimum absolute atomic E-state index is 0.613. The van der Waals surface area contributed by atoms with E-state index in [0.29, 0.717) is 6.04 Å². The molecule has 0 bridgehead atoms. The van der Waals surface area contributed by atoms with Gasteiger partial charge in [-0.1, -0.05) is 13.3 Å². The van der Waals surface area contributed by atoms with E-state index in [1.54, 1.807) is 0 Å². The summed E-state index contributed by atoms with van der Waals surface area (Å²) in [6.45, 7) is 4.54. The van der Waals surface area contributed by atoms with Crippen LogP contribution in [0, 0.1) is 10.7 Å². The summed E-state index contributed by atoms with van der Waals surface area (Å²) < 4.78 is 3.00. The van der Waals surface area contributed by atoms with Crippen LogP contribution in [0.3, 0.4) is 0 Å². The zero-order valence-corrected chi connectivity index (χ0v) is 10.5. The van der Waals surface area contributed by atoms with Gasteiger partial charge in [0.2, 0.25) is 5.95 Å². The highest BCUT2D eigenvalue weighted by Gasteiger charge is 2.31. The van der Waals surface area contributed by atoms with Gasteiger partial charge in [0, 0.05) is 19.1 Å². The molecule has 1 aromatic rings. The van der Waals surface area contributed by atoms with Crippen molar-refractivity contribution in [3.05, 3.63) is 4.77 Å². The number of hydrogen-bond acceptors (Lipinski definition) is 3. The van der Waals surface area contributed by atoms with Gasteiger partial charge < -0.3 is 4.90 Å². The molecule has 1 aliphatic carbocycles. The van der Waals surface area contributed by atoms with E-state index in [4.69, 9.17) is 12.2 Å². The topological polar surface area (TPSA) is 36.9 Å². The molecule has 1 atom stereocenters. The van der Waals surface area contributed by atoms with Crippen molar-refractivity contribution in [2.45, 2.75) is 38.6 Å². The number of hydrogen-bond donors (Lipinski definition) is 1. The van der Waals surface area contributed by atoms with E-state index in [1.807, 2.05) is 0 Å². The van der Waals surface area contributed by atoms with Gasteiger partial charge in [0.25, 0.3) is 0 Å². The third-order valence-corrected chi connectivity index (χ3v) is 4.03. The molecule has 1 unspecified atom stereocenters. The minimum Gasteiger partial charge on any atom is -0.341 e. The summed E-state index contributed by atoms with van der Waals surface area (Å²) in [6, 6.07) is 0.613. The van der Waals surface area contributed by atoms with Crippen LogP contribution >= 0.6 is 12.2 Å². The zero-order chi connectivity index (χ0) is 11.1. The Balaban J connectivity index is 1.86. The fraction of sp³-hybridized carbons (Fsp3) is 0.818. The zero-order valence-electron chi connectivity index (χ0n) is 9.65. The number of anilines is 1. The molecule has 0 aromatic carbocycles. The van der Waals surface area contributed by atoms with E-state index < -0.39 is 0 Å². The standard InChI is InChI=1S/C11H18N4S/c1-2-8-5-6-14(7-8)10-12-13-11(16)15(10)9-3-4-9/h8-9H,2-7H2,1H3,(H,13,16). The van der Waals surface area contributed by atoms with Crippen molar-refractivity contribution < 1.29 is 0 Å². The van der Waals surface area contributed by atoms with Crippen LogP contribution in [0.5, 0.6) is 0 Å². The van der Waals surface area contributed by atoms with Crippen LogP contribution in [0.1, 0.15) is 38.6 Å². The second-order valence-corrected chi connectivity index (χ2v) is 5.33. The smallest absolute Gasteiger partial charge is 0.225 e. The van der Waals surface area contributed by atoms with Gasteiger partial charge in [-0.3, -0.25) is 4.57 Å². The maximum absolute atomic E-state index is 5.30. The number of rotatable bonds is 3. The Morgan fingerprint density at radius 3 is 2.88 bits per heavy atom. The van der Waals surface area contributed by atoms with Gasteiger partial charge >= 0.3 is 0 Å². The fourth-order valence-electron chi connectivity index (χ4n) is 2.53. The molecule has 0 amide bonds. The van der Waals surface area contributed by atoms with Crippen molar-refractivity contribution in [1.82, 2.24) is 14.8 Å². The van der Waals surface area contributed by atoms with Crippen molar-refractivity contribution in [1.29, 1.82) is 0 Å². The predicted molar refractivity (Wildman–Crippen MR) is 66.3 cm³/mol. The van der Waals surface area contributed by atoms with Gasteiger partial charge in [-0.05, 0) is 37.4 Å². The van der Waals surface area contributed by atoms with E-state index >= 15 is 0 Å². The Bertz CT molecular complexity index is 431. The third kappa shape index (κ3) is 1.67. The van der Waals surface area contributed by atoms with Crippen LogP contribution in [0.25, 0.3) is 0 Å². The molecule has 3 rings (SSSR count). The summed E-state index contributed by atoms with van der Waals surface area (Å²) >= 11 is 5.30. The first-order valence-corrected chi connectivity index (χ1v) is 6.62. The summed E-state index contributed by atoms with van der Waals surface area (Å²) in [5.74, 6) is 1.90. The molecule has 4 nitrogen and oxygen atoms in total. The van der Waals surface area contributed by atoms with E-state index in [9.17, 15) is 0 Å². The highest BCUT2D eigenvalue weighted by atomic mass is 32.1. The van der Waals surface area contributed by atoms with Crippen LogP contribution in [-0.4, -0.2) is 27.9 Å². The van der Waals surface area contributed by atoms with Crippen molar-refractivity contribution in [3.63, 3.8) is 0 Å². The Morgan fingerprint density at radius 1 is 1.44 bits per heavy atom. The summed E-state index contributed by atoms with van der Waals surface area (Å²) in [5.41, 5.74) is 0. The number of aromatic nitrogens is 3. The first kappa shape index (κ1) is 10.3. The SMILES string of the molecule is CCC1CCN(c2n[nH]c(=S)n2C2CC2)C1. The molecule has 2 fully saturated rings. The van der Waals surface area contributed by atoms with Crippen molar-refractivity contribution >= 4 is 18.2 Å². The minimum atomic E-state index is 0.613. The Labute approximate surface area is 101 Å². The number of aromatic amines is 1. The quantitative estimate of drug-likeness (QED) is 0.822. The summed E-state index contributed by atoms with van der Waals surface area (Å²) in [5, 5.41) is 7.34. The Hall–Kier alpha value is -0.840. The van der Waals surface area contributed by atoms with Gasteiger partial charge in [-0.15, -0.1) is 5.10 Å². The monoisotopic (exact) mass is 238 g/mol. The Kier molecular flexibility index (Phi) is 2.50. The number of nitrogens with zero attached hydrogens (tertiary/aromatic N) is 3. The molecule has 1 aliphatic heterocycles. The van der Waals surface area contributed by atoms with Crippen LogP contribution in [0.15, 0.2) is 0 Å². The van der Waals surface area contributed by atoms with Gasteiger partial charge in [-0.25, -0.2) is 5.10 Å². The first-order chi connectivity index (χ1) is 7.79.